The van der Waals surface area contributed by atoms with E-state index in [9.17, 15) is 4.79 Å². The number of aromatic nitrogens is 2. The molecule has 0 radical (unpaired) electrons. The monoisotopic (exact) mass is 321 g/mol. The molecule has 2 aromatic heterocycles. The van der Waals surface area contributed by atoms with Gasteiger partial charge < -0.3 is 9.73 Å². The van der Waals surface area contributed by atoms with Crippen LogP contribution in [0.25, 0.3) is 11.5 Å². The van der Waals surface area contributed by atoms with Crippen LogP contribution in [0.1, 0.15) is 10.5 Å². The van der Waals surface area contributed by atoms with Crippen molar-refractivity contribution in [2.45, 2.75) is 0 Å². The molecule has 3 aromatic rings. The Labute approximate surface area is 129 Å². The second-order valence-electron chi connectivity index (χ2n) is 4.23. The fourth-order valence-corrected chi connectivity index (χ4v) is 2.06. The molecule has 3 rings (SSSR count). The molecule has 0 aliphatic rings. The highest BCUT2D eigenvalue weighted by Crippen LogP contribution is 2.25. The Balaban J connectivity index is 1.78. The largest absolute Gasteiger partial charge is 0.463 e. The standard InChI is InChI=1S/C14H9Cl2N3O2/c15-9-4-3-8(6-10(9)16)17-14(20)12-7-11(18-19-12)13-2-1-5-21-13/h1-7H,(H,17,20)(H,18,19). The lowest BCUT2D eigenvalue weighted by Crippen LogP contribution is -2.12. The number of rotatable bonds is 3. The quantitative estimate of drug-likeness (QED) is 0.758. The molecule has 0 bridgehead atoms. The number of amides is 1. The van der Waals surface area contributed by atoms with Gasteiger partial charge in [0, 0.05) is 11.8 Å². The summed E-state index contributed by atoms with van der Waals surface area (Å²) >= 11 is 11.7. The molecule has 106 valence electrons. The van der Waals surface area contributed by atoms with Crippen LogP contribution in [-0.2, 0) is 0 Å². The van der Waals surface area contributed by atoms with E-state index in [0.717, 1.165) is 0 Å². The Morgan fingerprint density at radius 1 is 1.19 bits per heavy atom. The first-order chi connectivity index (χ1) is 10.1. The van der Waals surface area contributed by atoms with Gasteiger partial charge in [0.1, 0.15) is 5.69 Å². The van der Waals surface area contributed by atoms with E-state index in [0.29, 0.717) is 27.2 Å². The molecule has 0 aliphatic heterocycles. The summed E-state index contributed by atoms with van der Waals surface area (Å²) in [7, 11) is 0. The van der Waals surface area contributed by atoms with Crippen molar-refractivity contribution < 1.29 is 9.21 Å². The van der Waals surface area contributed by atoms with Crippen molar-refractivity contribution in [3.63, 3.8) is 0 Å². The minimum atomic E-state index is -0.359. The molecule has 5 nitrogen and oxygen atoms in total. The minimum absolute atomic E-state index is 0.243. The molecule has 0 spiro atoms. The second-order valence-corrected chi connectivity index (χ2v) is 5.04. The van der Waals surface area contributed by atoms with Crippen molar-refractivity contribution in [3.8, 4) is 11.5 Å². The van der Waals surface area contributed by atoms with Crippen molar-refractivity contribution in [2.24, 2.45) is 0 Å². The summed E-state index contributed by atoms with van der Waals surface area (Å²) in [5.41, 5.74) is 1.41. The van der Waals surface area contributed by atoms with Crippen LogP contribution >= 0.6 is 23.2 Å². The molecule has 0 saturated carbocycles. The summed E-state index contributed by atoms with van der Waals surface area (Å²) in [6.45, 7) is 0. The average Bonchev–Trinajstić information content (AvgIpc) is 3.12. The zero-order valence-corrected chi connectivity index (χ0v) is 12.1. The van der Waals surface area contributed by atoms with Gasteiger partial charge in [0.05, 0.1) is 16.3 Å². The summed E-state index contributed by atoms with van der Waals surface area (Å²) in [6, 6.07) is 9.97. The van der Waals surface area contributed by atoms with E-state index in [1.807, 2.05) is 0 Å². The Kier molecular flexibility index (Phi) is 3.68. The molecule has 7 heteroatoms. The number of hydrogen-bond donors (Lipinski definition) is 2. The Morgan fingerprint density at radius 2 is 2.05 bits per heavy atom. The van der Waals surface area contributed by atoms with Crippen LogP contribution in [0.2, 0.25) is 10.0 Å². The normalized spacial score (nSPS) is 10.6. The number of H-pyrrole nitrogens is 1. The summed E-state index contributed by atoms with van der Waals surface area (Å²) in [5.74, 6) is 0.249. The third kappa shape index (κ3) is 2.94. The van der Waals surface area contributed by atoms with Gasteiger partial charge in [0.15, 0.2) is 11.5 Å². The fraction of sp³-hybridized carbons (Fsp3) is 0. The lowest BCUT2D eigenvalue weighted by atomic mass is 10.2. The minimum Gasteiger partial charge on any atom is -0.463 e. The van der Waals surface area contributed by atoms with E-state index in [-0.39, 0.29) is 11.6 Å². The maximum Gasteiger partial charge on any atom is 0.276 e. The number of benzene rings is 1. The zero-order chi connectivity index (χ0) is 14.8. The van der Waals surface area contributed by atoms with Crippen LogP contribution in [-0.4, -0.2) is 16.1 Å². The second kappa shape index (κ2) is 5.63. The van der Waals surface area contributed by atoms with Crippen LogP contribution in [0.3, 0.4) is 0 Å². The van der Waals surface area contributed by atoms with E-state index in [1.54, 1.807) is 42.7 Å². The van der Waals surface area contributed by atoms with E-state index in [4.69, 9.17) is 27.6 Å². The Hall–Kier alpha value is -2.24. The third-order valence-corrected chi connectivity index (χ3v) is 3.51. The summed E-state index contributed by atoms with van der Waals surface area (Å²) in [6.07, 6.45) is 1.55. The number of nitrogens with one attached hydrogen (secondary N) is 2. The SMILES string of the molecule is O=C(Nc1ccc(Cl)c(Cl)c1)c1cc(-c2ccco2)[nH]n1. The van der Waals surface area contributed by atoms with Crippen LogP contribution in [0.4, 0.5) is 5.69 Å². The van der Waals surface area contributed by atoms with Gasteiger partial charge in [-0.1, -0.05) is 23.2 Å². The van der Waals surface area contributed by atoms with Crippen LogP contribution in [0, 0.1) is 0 Å². The summed E-state index contributed by atoms with van der Waals surface area (Å²) in [5, 5.41) is 10.2. The number of furan rings is 1. The van der Waals surface area contributed by atoms with E-state index < -0.39 is 0 Å². The van der Waals surface area contributed by atoms with Gasteiger partial charge in [-0.15, -0.1) is 0 Å². The lowest BCUT2D eigenvalue weighted by molar-refractivity contribution is 0.102. The molecule has 0 fully saturated rings. The number of carbonyl (C=O) groups is 1. The van der Waals surface area contributed by atoms with Gasteiger partial charge in [-0.25, -0.2) is 0 Å². The molecule has 2 heterocycles. The lowest BCUT2D eigenvalue weighted by Gasteiger charge is -2.04. The van der Waals surface area contributed by atoms with Gasteiger partial charge in [-0.05, 0) is 30.3 Å². The van der Waals surface area contributed by atoms with E-state index in [2.05, 4.69) is 15.5 Å². The van der Waals surface area contributed by atoms with E-state index >= 15 is 0 Å². The molecule has 21 heavy (non-hydrogen) atoms. The molecule has 0 unspecified atom stereocenters. The summed E-state index contributed by atoms with van der Waals surface area (Å²) < 4.78 is 5.22. The highest BCUT2D eigenvalue weighted by molar-refractivity contribution is 6.42. The molecule has 1 aromatic carbocycles. The van der Waals surface area contributed by atoms with Gasteiger partial charge in [-0.3, -0.25) is 9.89 Å². The van der Waals surface area contributed by atoms with Crippen LogP contribution in [0.15, 0.2) is 47.1 Å². The number of hydrogen-bond acceptors (Lipinski definition) is 3. The third-order valence-electron chi connectivity index (χ3n) is 2.77. The first kappa shape index (κ1) is 13.7. The average molecular weight is 322 g/mol. The van der Waals surface area contributed by atoms with E-state index in [1.165, 1.54) is 0 Å². The van der Waals surface area contributed by atoms with Crippen LogP contribution < -0.4 is 5.32 Å². The Morgan fingerprint density at radius 3 is 2.76 bits per heavy atom. The van der Waals surface area contributed by atoms with Gasteiger partial charge >= 0.3 is 0 Å². The van der Waals surface area contributed by atoms with Crippen molar-refractivity contribution >= 4 is 34.8 Å². The maximum atomic E-state index is 12.1. The van der Waals surface area contributed by atoms with Crippen molar-refractivity contribution in [3.05, 3.63) is 58.4 Å². The molecule has 1 amide bonds. The summed E-state index contributed by atoms with van der Waals surface area (Å²) in [4.78, 5) is 12.1. The number of halogens is 2. The number of nitrogens with zero attached hydrogens (tertiary/aromatic N) is 1. The Bertz CT molecular complexity index is 781. The topological polar surface area (TPSA) is 70.9 Å². The van der Waals surface area contributed by atoms with Crippen molar-refractivity contribution in [2.75, 3.05) is 5.32 Å². The molecular formula is C14H9Cl2N3O2. The first-order valence-corrected chi connectivity index (χ1v) is 6.75. The maximum absolute atomic E-state index is 12.1. The van der Waals surface area contributed by atoms with Crippen molar-refractivity contribution in [1.82, 2.24) is 10.2 Å². The molecule has 0 aliphatic carbocycles. The smallest absolute Gasteiger partial charge is 0.276 e. The van der Waals surface area contributed by atoms with Gasteiger partial charge in [0.25, 0.3) is 5.91 Å². The van der Waals surface area contributed by atoms with Crippen LogP contribution in [0.5, 0.6) is 0 Å². The predicted molar refractivity (Wildman–Crippen MR) is 80.7 cm³/mol. The fourth-order valence-electron chi connectivity index (χ4n) is 1.77. The zero-order valence-electron chi connectivity index (χ0n) is 10.6. The number of anilines is 1. The highest BCUT2D eigenvalue weighted by atomic mass is 35.5. The molecular weight excluding hydrogens is 313 g/mol. The molecule has 0 saturated heterocycles. The van der Waals surface area contributed by atoms with Gasteiger partial charge in [0.2, 0.25) is 0 Å². The number of carbonyl (C=O) groups excluding carboxylic acids is 1. The molecule has 2 N–H and O–H groups in total. The van der Waals surface area contributed by atoms with Crippen molar-refractivity contribution in [1.29, 1.82) is 0 Å². The first-order valence-electron chi connectivity index (χ1n) is 5.99. The van der Waals surface area contributed by atoms with Gasteiger partial charge in [-0.2, -0.15) is 5.10 Å². The highest BCUT2D eigenvalue weighted by Gasteiger charge is 2.13. The molecule has 0 atom stereocenters. The number of aromatic amines is 1. The predicted octanol–water partition coefficient (Wildman–Crippen LogP) is 4.23.